The van der Waals surface area contributed by atoms with Gasteiger partial charge >= 0.3 is 0 Å². The molecule has 0 radical (unpaired) electrons. The van der Waals surface area contributed by atoms with E-state index in [9.17, 15) is 0 Å². The van der Waals surface area contributed by atoms with Crippen LogP contribution in [0.4, 0.5) is 0 Å². The number of halogens is 1. The third kappa shape index (κ3) is 3.31. The second kappa shape index (κ2) is 6.04. The maximum atomic E-state index is 5.86. The van der Waals surface area contributed by atoms with E-state index in [1.165, 1.54) is 19.3 Å². The summed E-state index contributed by atoms with van der Waals surface area (Å²) in [6, 6.07) is 0. The highest BCUT2D eigenvalue weighted by Gasteiger charge is 2.02. The Kier molecular flexibility index (Phi) is 4.98. The van der Waals surface area contributed by atoms with Gasteiger partial charge in [0.05, 0.1) is 12.7 Å². The smallest absolute Gasteiger partial charge is 0.128 e. The van der Waals surface area contributed by atoms with E-state index in [4.69, 9.17) is 11.6 Å². The van der Waals surface area contributed by atoms with E-state index in [1.807, 2.05) is 11.6 Å². The second-order valence-electron chi connectivity index (χ2n) is 3.44. The SMILES string of the molecule is CCCCCNCc1ncc(Cl)n1C. The number of rotatable bonds is 6. The molecule has 0 fully saturated rings. The van der Waals surface area contributed by atoms with Crippen LogP contribution in [0.1, 0.15) is 32.0 Å². The van der Waals surface area contributed by atoms with Crippen molar-refractivity contribution in [3.8, 4) is 0 Å². The van der Waals surface area contributed by atoms with Gasteiger partial charge < -0.3 is 9.88 Å². The molecule has 4 heteroatoms. The molecule has 1 aromatic rings. The van der Waals surface area contributed by atoms with Gasteiger partial charge in [-0.05, 0) is 13.0 Å². The lowest BCUT2D eigenvalue weighted by molar-refractivity contribution is 0.592. The molecule has 0 aliphatic rings. The van der Waals surface area contributed by atoms with Gasteiger partial charge in [0.25, 0.3) is 0 Å². The first-order chi connectivity index (χ1) is 6.75. The Labute approximate surface area is 90.5 Å². The van der Waals surface area contributed by atoms with Crippen LogP contribution in [-0.2, 0) is 13.6 Å². The molecule has 0 aliphatic carbocycles. The zero-order chi connectivity index (χ0) is 10.4. The van der Waals surface area contributed by atoms with E-state index in [0.29, 0.717) is 5.15 Å². The molecule has 0 amide bonds. The molecule has 0 saturated heterocycles. The van der Waals surface area contributed by atoms with Crippen molar-refractivity contribution in [2.24, 2.45) is 7.05 Å². The summed E-state index contributed by atoms with van der Waals surface area (Å²) >= 11 is 5.86. The summed E-state index contributed by atoms with van der Waals surface area (Å²) < 4.78 is 1.90. The van der Waals surface area contributed by atoms with Crippen LogP contribution in [0.2, 0.25) is 5.15 Å². The Morgan fingerprint density at radius 1 is 1.50 bits per heavy atom. The van der Waals surface area contributed by atoms with Crippen LogP contribution in [-0.4, -0.2) is 16.1 Å². The highest BCUT2D eigenvalue weighted by Crippen LogP contribution is 2.08. The van der Waals surface area contributed by atoms with E-state index >= 15 is 0 Å². The minimum Gasteiger partial charge on any atom is -0.321 e. The molecule has 0 spiro atoms. The molecule has 0 aromatic carbocycles. The Morgan fingerprint density at radius 2 is 2.29 bits per heavy atom. The lowest BCUT2D eigenvalue weighted by atomic mass is 10.2. The second-order valence-corrected chi connectivity index (χ2v) is 3.83. The molecule has 1 rings (SSSR count). The van der Waals surface area contributed by atoms with Crippen LogP contribution in [0.15, 0.2) is 6.20 Å². The third-order valence-corrected chi connectivity index (χ3v) is 2.62. The molecule has 1 heterocycles. The number of aromatic nitrogens is 2. The fourth-order valence-electron chi connectivity index (χ4n) is 1.29. The molecular formula is C10H18ClN3. The Bertz CT molecular complexity index is 270. The molecule has 0 saturated carbocycles. The van der Waals surface area contributed by atoms with Crippen molar-refractivity contribution in [1.29, 1.82) is 0 Å². The van der Waals surface area contributed by atoms with Crippen molar-refractivity contribution in [3.63, 3.8) is 0 Å². The average molecular weight is 216 g/mol. The standard InChI is InChI=1S/C10H18ClN3/c1-3-4-5-6-12-8-10-13-7-9(11)14(10)2/h7,12H,3-6,8H2,1-2H3. The monoisotopic (exact) mass is 215 g/mol. The molecule has 14 heavy (non-hydrogen) atoms. The predicted molar refractivity (Wildman–Crippen MR) is 59.4 cm³/mol. The van der Waals surface area contributed by atoms with Crippen molar-refractivity contribution < 1.29 is 0 Å². The van der Waals surface area contributed by atoms with E-state index in [1.54, 1.807) is 6.20 Å². The molecule has 1 N–H and O–H groups in total. The van der Waals surface area contributed by atoms with Crippen LogP contribution < -0.4 is 5.32 Å². The first-order valence-corrected chi connectivity index (χ1v) is 5.50. The molecule has 80 valence electrons. The molecule has 0 bridgehead atoms. The average Bonchev–Trinajstić information content (AvgIpc) is 2.49. The lowest BCUT2D eigenvalue weighted by Gasteiger charge is -2.04. The molecular weight excluding hydrogens is 198 g/mol. The van der Waals surface area contributed by atoms with E-state index in [-0.39, 0.29) is 0 Å². The zero-order valence-electron chi connectivity index (χ0n) is 8.89. The number of nitrogens with zero attached hydrogens (tertiary/aromatic N) is 2. The van der Waals surface area contributed by atoms with Gasteiger partial charge in [-0.1, -0.05) is 31.4 Å². The summed E-state index contributed by atoms with van der Waals surface area (Å²) in [5.74, 6) is 0.992. The summed E-state index contributed by atoms with van der Waals surface area (Å²) in [6.07, 6.45) is 5.46. The van der Waals surface area contributed by atoms with Crippen LogP contribution in [0, 0.1) is 0 Å². The third-order valence-electron chi connectivity index (χ3n) is 2.27. The summed E-state index contributed by atoms with van der Waals surface area (Å²) in [5.41, 5.74) is 0. The summed E-state index contributed by atoms with van der Waals surface area (Å²) in [7, 11) is 1.93. The quantitative estimate of drug-likeness (QED) is 0.739. The van der Waals surface area contributed by atoms with E-state index < -0.39 is 0 Å². The number of hydrogen-bond donors (Lipinski definition) is 1. The fraction of sp³-hybridized carbons (Fsp3) is 0.700. The predicted octanol–water partition coefficient (Wildman–Crippen LogP) is 2.35. The summed E-state index contributed by atoms with van der Waals surface area (Å²) in [4.78, 5) is 4.20. The van der Waals surface area contributed by atoms with Crippen LogP contribution in [0.25, 0.3) is 0 Å². The highest BCUT2D eigenvalue weighted by atomic mass is 35.5. The number of unbranched alkanes of at least 4 members (excludes halogenated alkanes) is 2. The first kappa shape index (κ1) is 11.5. The Hall–Kier alpha value is -0.540. The van der Waals surface area contributed by atoms with Crippen LogP contribution >= 0.6 is 11.6 Å². The van der Waals surface area contributed by atoms with Gasteiger partial charge in [0.2, 0.25) is 0 Å². The Morgan fingerprint density at radius 3 is 2.86 bits per heavy atom. The van der Waals surface area contributed by atoms with Gasteiger partial charge in [0, 0.05) is 7.05 Å². The maximum Gasteiger partial charge on any atom is 0.128 e. The molecule has 1 aromatic heterocycles. The van der Waals surface area contributed by atoms with Crippen molar-refractivity contribution in [3.05, 3.63) is 17.2 Å². The Balaban J connectivity index is 2.21. The number of imidazole rings is 1. The number of nitrogens with one attached hydrogen (secondary N) is 1. The zero-order valence-corrected chi connectivity index (χ0v) is 9.64. The normalized spacial score (nSPS) is 10.8. The topological polar surface area (TPSA) is 29.9 Å². The number of hydrogen-bond acceptors (Lipinski definition) is 2. The van der Waals surface area contributed by atoms with Gasteiger partial charge in [0.1, 0.15) is 11.0 Å². The van der Waals surface area contributed by atoms with Crippen LogP contribution in [0.3, 0.4) is 0 Å². The van der Waals surface area contributed by atoms with Crippen molar-refractivity contribution in [2.75, 3.05) is 6.54 Å². The van der Waals surface area contributed by atoms with Gasteiger partial charge in [-0.2, -0.15) is 0 Å². The van der Waals surface area contributed by atoms with Crippen molar-refractivity contribution in [2.45, 2.75) is 32.7 Å². The minimum absolute atomic E-state index is 0.690. The van der Waals surface area contributed by atoms with Gasteiger partial charge in [-0.3, -0.25) is 0 Å². The molecule has 3 nitrogen and oxygen atoms in total. The lowest BCUT2D eigenvalue weighted by Crippen LogP contribution is -2.17. The van der Waals surface area contributed by atoms with Crippen molar-refractivity contribution >= 4 is 11.6 Å². The molecule has 0 unspecified atom stereocenters. The minimum atomic E-state index is 0.690. The molecule has 0 atom stereocenters. The van der Waals surface area contributed by atoms with E-state index in [0.717, 1.165) is 18.9 Å². The highest BCUT2D eigenvalue weighted by molar-refractivity contribution is 6.29. The maximum absolute atomic E-state index is 5.86. The van der Waals surface area contributed by atoms with Crippen LogP contribution in [0.5, 0.6) is 0 Å². The van der Waals surface area contributed by atoms with Gasteiger partial charge in [-0.25, -0.2) is 4.98 Å². The van der Waals surface area contributed by atoms with Gasteiger partial charge in [-0.15, -0.1) is 0 Å². The summed E-state index contributed by atoms with van der Waals surface area (Å²) in [5, 5.41) is 4.04. The fourth-order valence-corrected chi connectivity index (χ4v) is 1.44. The van der Waals surface area contributed by atoms with E-state index in [2.05, 4.69) is 17.2 Å². The van der Waals surface area contributed by atoms with Gasteiger partial charge in [0.15, 0.2) is 0 Å². The molecule has 0 aliphatic heterocycles. The summed E-state index contributed by atoms with van der Waals surface area (Å²) in [6.45, 7) is 4.06. The largest absolute Gasteiger partial charge is 0.321 e. The van der Waals surface area contributed by atoms with Crippen molar-refractivity contribution in [1.82, 2.24) is 14.9 Å². The first-order valence-electron chi connectivity index (χ1n) is 5.12.